The molecule has 1 aliphatic heterocycles. The van der Waals surface area contributed by atoms with E-state index in [0.717, 1.165) is 19.3 Å². The molecule has 7 heteroatoms. The SMILES string of the molecule is CCCCNC(=O)N1CCN(C(=O)C(NC(=O)c2ccccc2)C(C)CC)CC1C. The molecule has 166 valence electrons. The quantitative estimate of drug-likeness (QED) is 0.640. The maximum atomic E-state index is 13.3. The van der Waals surface area contributed by atoms with Gasteiger partial charge in [0.05, 0.1) is 0 Å². The van der Waals surface area contributed by atoms with Crippen molar-refractivity contribution in [1.29, 1.82) is 0 Å². The van der Waals surface area contributed by atoms with Gasteiger partial charge in [-0.25, -0.2) is 4.79 Å². The maximum absolute atomic E-state index is 13.3. The van der Waals surface area contributed by atoms with E-state index in [1.54, 1.807) is 34.1 Å². The van der Waals surface area contributed by atoms with Gasteiger partial charge in [0.1, 0.15) is 6.04 Å². The Labute approximate surface area is 180 Å². The Bertz CT molecular complexity index is 710. The number of amides is 4. The monoisotopic (exact) mass is 416 g/mol. The molecule has 0 saturated carbocycles. The molecule has 0 aromatic heterocycles. The average molecular weight is 417 g/mol. The number of rotatable bonds is 8. The second-order valence-electron chi connectivity index (χ2n) is 8.11. The van der Waals surface area contributed by atoms with Gasteiger partial charge < -0.3 is 20.4 Å². The molecular formula is C23H36N4O3. The molecule has 1 aromatic carbocycles. The minimum atomic E-state index is -0.583. The fourth-order valence-electron chi connectivity index (χ4n) is 3.63. The van der Waals surface area contributed by atoms with E-state index in [1.807, 2.05) is 26.8 Å². The first-order chi connectivity index (χ1) is 14.4. The second-order valence-corrected chi connectivity index (χ2v) is 8.11. The Balaban J connectivity index is 2.01. The average Bonchev–Trinajstić information content (AvgIpc) is 2.76. The highest BCUT2D eigenvalue weighted by molar-refractivity contribution is 5.97. The molecule has 7 nitrogen and oxygen atoms in total. The summed E-state index contributed by atoms with van der Waals surface area (Å²) in [5, 5.41) is 5.89. The smallest absolute Gasteiger partial charge is 0.317 e. The van der Waals surface area contributed by atoms with Gasteiger partial charge in [0, 0.05) is 37.8 Å². The number of nitrogens with one attached hydrogen (secondary N) is 2. The summed E-state index contributed by atoms with van der Waals surface area (Å²) < 4.78 is 0. The number of urea groups is 1. The lowest BCUT2D eigenvalue weighted by molar-refractivity contribution is -0.136. The van der Waals surface area contributed by atoms with Crippen molar-refractivity contribution in [2.24, 2.45) is 5.92 Å². The molecule has 1 aliphatic rings. The summed E-state index contributed by atoms with van der Waals surface area (Å²) in [6.07, 6.45) is 2.76. The Morgan fingerprint density at radius 2 is 1.83 bits per heavy atom. The van der Waals surface area contributed by atoms with Gasteiger partial charge in [-0.15, -0.1) is 0 Å². The highest BCUT2D eigenvalue weighted by atomic mass is 16.2. The van der Waals surface area contributed by atoms with Gasteiger partial charge in [-0.1, -0.05) is 51.8 Å². The van der Waals surface area contributed by atoms with Gasteiger partial charge in [0.25, 0.3) is 5.91 Å². The van der Waals surface area contributed by atoms with Crippen LogP contribution in [0.4, 0.5) is 4.79 Å². The van der Waals surface area contributed by atoms with Crippen molar-refractivity contribution in [2.45, 2.75) is 59.0 Å². The van der Waals surface area contributed by atoms with Gasteiger partial charge in [-0.2, -0.15) is 0 Å². The largest absolute Gasteiger partial charge is 0.340 e. The highest BCUT2D eigenvalue weighted by Gasteiger charge is 2.35. The summed E-state index contributed by atoms with van der Waals surface area (Å²) in [7, 11) is 0. The minimum absolute atomic E-state index is 0.0100. The predicted molar refractivity (Wildman–Crippen MR) is 118 cm³/mol. The molecular weight excluding hydrogens is 380 g/mol. The third-order valence-electron chi connectivity index (χ3n) is 5.81. The fourth-order valence-corrected chi connectivity index (χ4v) is 3.63. The first kappa shape index (κ1) is 23.7. The summed E-state index contributed by atoms with van der Waals surface area (Å²) in [5.74, 6) is -0.307. The number of hydrogen-bond acceptors (Lipinski definition) is 3. The third-order valence-corrected chi connectivity index (χ3v) is 5.81. The number of unbranched alkanes of at least 4 members (excludes halogenated alkanes) is 1. The summed E-state index contributed by atoms with van der Waals surface area (Å²) >= 11 is 0. The summed E-state index contributed by atoms with van der Waals surface area (Å²) in [6, 6.07) is 8.22. The summed E-state index contributed by atoms with van der Waals surface area (Å²) in [4.78, 5) is 41.9. The number of nitrogens with zero attached hydrogens (tertiary/aromatic N) is 2. The van der Waals surface area contributed by atoms with E-state index in [2.05, 4.69) is 17.6 Å². The first-order valence-corrected chi connectivity index (χ1v) is 11.1. The molecule has 0 spiro atoms. The fraction of sp³-hybridized carbons (Fsp3) is 0.609. The van der Waals surface area contributed by atoms with Crippen molar-refractivity contribution in [2.75, 3.05) is 26.2 Å². The lowest BCUT2D eigenvalue weighted by atomic mass is 9.96. The van der Waals surface area contributed by atoms with Crippen LogP contribution in [0.2, 0.25) is 0 Å². The zero-order valence-electron chi connectivity index (χ0n) is 18.7. The van der Waals surface area contributed by atoms with Crippen molar-refractivity contribution >= 4 is 17.8 Å². The molecule has 1 aromatic rings. The van der Waals surface area contributed by atoms with E-state index >= 15 is 0 Å². The number of carbonyl (C=O) groups excluding carboxylic acids is 3. The first-order valence-electron chi connectivity index (χ1n) is 11.1. The minimum Gasteiger partial charge on any atom is -0.340 e. The highest BCUT2D eigenvalue weighted by Crippen LogP contribution is 2.16. The van der Waals surface area contributed by atoms with Gasteiger partial charge in [0.2, 0.25) is 5.91 Å². The molecule has 1 heterocycles. The molecule has 0 bridgehead atoms. The van der Waals surface area contributed by atoms with E-state index in [0.29, 0.717) is 31.7 Å². The van der Waals surface area contributed by atoms with E-state index < -0.39 is 6.04 Å². The Morgan fingerprint density at radius 1 is 1.13 bits per heavy atom. The molecule has 2 N–H and O–H groups in total. The molecule has 1 fully saturated rings. The van der Waals surface area contributed by atoms with Crippen molar-refractivity contribution < 1.29 is 14.4 Å². The number of carbonyl (C=O) groups is 3. The molecule has 0 radical (unpaired) electrons. The number of benzene rings is 1. The van der Waals surface area contributed by atoms with E-state index in [1.165, 1.54) is 0 Å². The molecule has 4 amide bonds. The standard InChI is InChI=1S/C23H36N4O3/c1-5-7-13-24-23(30)27-15-14-26(16-18(27)4)22(29)20(17(3)6-2)25-21(28)19-11-9-8-10-12-19/h8-12,17-18,20H,5-7,13-16H2,1-4H3,(H,24,30)(H,25,28). The number of hydrogen-bond donors (Lipinski definition) is 2. The van der Waals surface area contributed by atoms with Crippen LogP contribution in [0.5, 0.6) is 0 Å². The topological polar surface area (TPSA) is 81.8 Å². The zero-order chi connectivity index (χ0) is 22.1. The maximum Gasteiger partial charge on any atom is 0.317 e. The molecule has 30 heavy (non-hydrogen) atoms. The van der Waals surface area contributed by atoms with Crippen LogP contribution in [0.3, 0.4) is 0 Å². The van der Waals surface area contributed by atoms with Crippen molar-refractivity contribution in [3.63, 3.8) is 0 Å². The van der Waals surface area contributed by atoms with Crippen LogP contribution in [-0.4, -0.2) is 65.9 Å². The van der Waals surface area contributed by atoms with Crippen LogP contribution in [0.25, 0.3) is 0 Å². The van der Waals surface area contributed by atoms with Gasteiger partial charge >= 0.3 is 6.03 Å². The molecule has 3 unspecified atom stereocenters. The van der Waals surface area contributed by atoms with Crippen molar-refractivity contribution in [1.82, 2.24) is 20.4 Å². The van der Waals surface area contributed by atoms with E-state index in [9.17, 15) is 14.4 Å². The van der Waals surface area contributed by atoms with E-state index in [-0.39, 0.29) is 29.8 Å². The lowest BCUT2D eigenvalue weighted by Crippen LogP contribution is -2.61. The van der Waals surface area contributed by atoms with Crippen LogP contribution < -0.4 is 10.6 Å². The van der Waals surface area contributed by atoms with Crippen LogP contribution in [0.1, 0.15) is 57.3 Å². The van der Waals surface area contributed by atoms with Crippen LogP contribution in [0, 0.1) is 5.92 Å². The van der Waals surface area contributed by atoms with Crippen LogP contribution in [0.15, 0.2) is 30.3 Å². The Hall–Kier alpha value is -2.57. The van der Waals surface area contributed by atoms with E-state index in [4.69, 9.17) is 0 Å². The summed E-state index contributed by atoms with van der Waals surface area (Å²) in [5.41, 5.74) is 0.542. The molecule has 1 saturated heterocycles. The Morgan fingerprint density at radius 3 is 2.43 bits per heavy atom. The predicted octanol–water partition coefficient (Wildman–Crippen LogP) is 2.87. The third kappa shape index (κ3) is 6.21. The number of piperazine rings is 1. The lowest BCUT2D eigenvalue weighted by Gasteiger charge is -2.41. The molecule has 2 rings (SSSR count). The van der Waals surface area contributed by atoms with Crippen LogP contribution in [-0.2, 0) is 4.79 Å². The van der Waals surface area contributed by atoms with Crippen LogP contribution >= 0.6 is 0 Å². The van der Waals surface area contributed by atoms with Gasteiger partial charge in [-0.3, -0.25) is 9.59 Å². The normalized spacial score (nSPS) is 18.5. The van der Waals surface area contributed by atoms with Gasteiger partial charge in [0.15, 0.2) is 0 Å². The van der Waals surface area contributed by atoms with Crippen molar-refractivity contribution in [3.05, 3.63) is 35.9 Å². The Kier molecular flexibility index (Phi) is 9.15. The van der Waals surface area contributed by atoms with Gasteiger partial charge in [-0.05, 0) is 31.4 Å². The summed E-state index contributed by atoms with van der Waals surface area (Å²) in [6.45, 7) is 10.1. The van der Waals surface area contributed by atoms with Crippen molar-refractivity contribution in [3.8, 4) is 0 Å². The second kappa shape index (κ2) is 11.6. The molecule has 3 atom stereocenters. The molecule has 0 aliphatic carbocycles. The zero-order valence-corrected chi connectivity index (χ0v) is 18.7.